The van der Waals surface area contributed by atoms with E-state index in [0.717, 1.165) is 31.7 Å². The molecule has 36 heavy (non-hydrogen) atoms. The first-order chi connectivity index (χ1) is 17.3. The number of rotatable bonds is 5. The largest absolute Gasteiger partial charge is 0.433 e. The number of hydrogen-bond donors (Lipinski definition) is 1. The average Bonchev–Trinajstić information content (AvgIpc) is 3.63. The number of likely N-dealkylation sites (tertiary alicyclic amines) is 1. The SMILES string of the molecule is COC1COCCC1N[C@@H]1C[C@H]2OCC[C@@]2(C(=O)N2CC3CC2CN3c2cccc(C(F)(F)F)n2)C1. The molecule has 1 aromatic heterocycles. The predicted octanol–water partition coefficient (Wildman–Crippen LogP) is 2.22. The number of nitrogens with one attached hydrogen (secondary N) is 1. The first kappa shape index (κ1) is 24.4. The maximum Gasteiger partial charge on any atom is 0.433 e. The van der Waals surface area contributed by atoms with Crippen molar-refractivity contribution in [1.82, 2.24) is 15.2 Å². The van der Waals surface area contributed by atoms with Crippen LogP contribution in [0, 0.1) is 5.41 Å². The van der Waals surface area contributed by atoms with E-state index in [1.807, 2.05) is 9.80 Å². The molecule has 198 valence electrons. The van der Waals surface area contributed by atoms with Crippen LogP contribution in [-0.4, -0.2) is 92.2 Å². The number of piperazine rings is 1. The highest BCUT2D eigenvalue weighted by molar-refractivity contribution is 5.85. The molecule has 0 spiro atoms. The number of carbonyl (C=O) groups is 1. The fourth-order valence-corrected chi connectivity index (χ4v) is 7.13. The molecule has 4 unspecified atom stereocenters. The van der Waals surface area contributed by atoms with Crippen molar-refractivity contribution in [3.05, 3.63) is 23.9 Å². The number of fused-ring (bicyclic) bond motifs is 3. The van der Waals surface area contributed by atoms with Crippen molar-refractivity contribution in [3.63, 3.8) is 0 Å². The quantitative estimate of drug-likeness (QED) is 0.651. The van der Waals surface area contributed by atoms with Crippen molar-refractivity contribution >= 4 is 11.7 Å². The Labute approximate surface area is 208 Å². The van der Waals surface area contributed by atoms with E-state index in [2.05, 4.69) is 10.3 Å². The molecule has 0 radical (unpaired) electrons. The number of methoxy groups -OCH3 is 1. The zero-order chi connectivity index (χ0) is 25.1. The second-order valence-corrected chi connectivity index (χ2v) is 10.8. The molecule has 5 fully saturated rings. The first-order valence-corrected chi connectivity index (χ1v) is 12.9. The third kappa shape index (κ3) is 4.08. The summed E-state index contributed by atoms with van der Waals surface area (Å²) >= 11 is 0. The summed E-state index contributed by atoms with van der Waals surface area (Å²) < 4.78 is 56.7. The number of anilines is 1. The van der Waals surface area contributed by atoms with E-state index in [1.54, 1.807) is 13.2 Å². The third-order valence-corrected chi connectivity index (χ3v) is 8.90. The molecule has 1 saturated carbocycles. The molecule has 5 aliphatic rings. The summed E-state index contributed by atoms with van der Waals surface area (Å²) in [5.41, 5.74) is -1.42. The minimum absolute atomic E-state index is 0.00322. The van der Waals surface area contributed by atoms with Crippen LogP contribution >= 0.6 is 0 Å². The summed E-state index contributed by atoms with van der Waals surface area (Å²) in [4.78, 5) is 21.8. The summed E-state index contributed by atoms with van der Waals surface area (Å²) in [6.07, 6.45) is -0.725. The minimum atomic E-state index is -4.48. The Hall–Kier alpha value is -1.95. The van der Waals surface area contributed by atoms with Crippen LogP contribution in [0.2, 0.25) is 0 Å². The lowest BCUT2D eigenvalue weighted by Gasteiger charge is -2.40. The Kier molecular flexibility index (Phi) is 6.17. The Balaban J connectivity index is 1.13. The van der Waals surface area contributed by atoms with Gasteiger partial charge in [0, 0.05) is 45.5 Å². The minimum Gasteiger partial charge on any atom is -0.379 e. The monoisotopic (exact) mass is 510 g/mol. The normalized spacial score (nSPS) is 38.1. The Bertz CT molecular complexity index is 996. The summed E-state index contributed by atoms with van der Waals surface area (Å²) in [6, 6.07) is 4.34. The van der Waals surface area contributed by atoms with Gasteiger partial charge in [-0.3, -0.25) is 4.79 Å². The van der Waals surface area contributed by atoms with E-state index >= 15 is 0 Å². The van der Waals surface area contributed by atoms with E-state index in [0.29, 0.717) is 45.1 Å². The number of amides is 1. The number of aromatic nitrogens is 1. The lowest BCUT2D eigenvalue weighted by molar-refractivity contribution is -0.145. The van der Waals surface area contributed by atoms with E-state index in [9.17, 15) is 18.0 Å². The van der Waals surface area contributed by atoms with Gasteiger partial charge in [-0.2, -0.15) is 13.2 Å². The number of halogens is 3. The second kappa shape index (κ2) is 9.11. The molecule has 6 rings (SSSR count). The fraction of sp³-hybridized carbons (Fsp3) is 0.760. The number of carbonyl (C=O) groups excluding carboxylic acids is 1. The van der Waals surface area contributed by atoms with Gasteiger partial charge < -0.3 is 29.3 Å². The van der Waals surface area contributed by atoms with Crippen LogP contribution < -0.4 is 10.2 Å². The molecule has 1 aromatic rings. The predicted molar refractivity (Wildman–Crippen MR) is 123 cm³/mol. The van der Waals surface area contributed by atoms with Gasteiger partial charge in [0.1, 0.15) is 11.5 Å². The van der Waals surface area contributed by atoms with Crippen molar-refractivity contribution in [2.24, 2.45) is 5.41 Å². The van der Waals surface area contributed by atoms with Gasteiger partial charge in [-0.05, 0) is 44.2 Å². The van der Waals surface area contributed by atoms with Crippen LogP contribution in [0.4, 0.5) is 19.0 Å². The van der Waals surface area contributed by atoms with Crippen LogP contribution in [0.5, 0.6) is 0 Å². The van der Waals surface area contributed by atoms with Gasteiger partial charge in [-0.1, -0.05) is 6.07 Å². The van der Waals surface area contributed by atoms with Gasteiger partial charge in [0.05, 0.1) is 36.3 Å². The Morgan fingerprint density at radius 2 is 2.08 bits per heavy atom. The molecule has 8 nitrogen and oxygen atoms in total. The van der Waals surface area contributed by atoms with Crippen molar-refractivity contribution in [1.29, 1.82) is 0 Å². The van der Waals surface area contributed by atoms with Crippen molar-refractivity contribution in [2.45, 2.75) is 74.7 Å². The van der Waals surface area contributed by atoms with Crippen LogP contribution in [0.3, 0.4) is 0 Å². The highest BCUT2D eigenvalue weighted by atomic mass is 19.4. The summed E-state index contributed by atoms with van der Waals surface area (Å²) in [6.45, 7) is 2.87. The van der Waals surface area contributed by atoms with E-state index in [-0.39, 0.29) is 42.3 Å². The van der Waals surface area contributed by atoms with Crippen LogP contribution in [0.1, 0.15) is 37.8 Å². The molecule has 0 aromatic carbocycles. The van der Waals surface area contributed by atoms with Crippen LogP contribution in [-0.2, 0) is 25.2 Å². The average molecular weight is 511 g/mol. The lowest BCUT2D eigenvalue weighted by atomic mass is 9.80. The van der Waals surface area contributed by atoms with E-state index in [4.69, 9.17) is 14.2 Å². The third-order valence-electron chi connectivity index (χ3n) is 8.90. The molecule has 11 heteroatoms. The van der Waals surface area contributed by atoms with Crippen LogP contribution in [0.25, 0.3) is 0 Å². The first-order valence-electron chi connectivity index (χ1n) is 12.9. The number of alkyl halides is 3. The van der Waals surface area contributed by atoms with E-state index < -0.39 is 17.3 Å². The van der Waals surface area contributed by atoms with E-state index in [1.165, 1.54) is 6.07 Å². The zero-order valence-corrected chi connectivity index (χ0v) is 20.4. The second-order valence-electron chi connectivity index (χ2n) is 10.8. The molecule has 1 amide bonds. The van der Waals surface area contributed by atoms with Gasteiger partial charge >= 0.3 is 6.18 Å². The van der Waals surface area contributed by atoms with Gasteiger partial charge in [0.2, 0.25) is 5.91 Å². The van der Waals surface area contributed by atoms with Gasteiger partial charge in [0.25, 0.3) is 0 Å². The molecule has 7 atom stereocenters. The topological polar surface area (TPSA) is 76.2 Å². The molecule has 4 aliphatic heterocycles. The van der Waals surface area contributed by atoms with Crippen LogP contribution in [0.15, 0.2) is 18.2 Å². The molecule has 4 saturated heterocycles. The summed E-state index contributed by atoms with van der Waals surface area (Å²) in [5.74, 6) is 0.479. The van der Waals surface area contributed by atoms with Gasteiger partial charge in [0.15, 0.2) is 0 Å². The maximum absolute atomic E-state index is 14.0. The maximum atomic E-state index is 14.0. The molecular formula is C25H33F3N4O4. The summed E-state index contributed by atoms with van der Waals surface area (Å²) in [5, 5.41) is 3.73. The molecule has 1 aliphatic carbocycles. The smallest absolute Gasteiger partial charge is 0.379 e. The van der Waals surface area contributed by atoms with Gasteiger partial charge in [-0.25, -0.2) is 4.98 Å². The Morgan fingerprint density at radius 1 is 1.22 bits per heavy atom. The highest BCUT2D eigenvalue weighted by Gasteiger charge is 2.60. The molecule has 2 bridgehead atoms. The standard InChI is InChI=1S/C25H33F3N4O4/c1-34-19-14-35-7-5-18(19)29-15-9-21-24(11-15,6-8-36-21)23(33)32-13-16-10-17(32)12-31(16)22-4-2-3-20(30-22)25(26,27)28/h2-4,15-19,21,29H,5-14H2,1H3/t15-,16?,17?,18?,19?,21-,24-/m1/s1. The molecule has 5 heterocycles. The van der Waals surface area contributed by atoms with Crippen molar-refractivity contribution in [2.75, 3.05) is 44.9 Å². The number of pyridine rings is 1. The molecule has 1 N–H and O–H groups in total. The number of ether oxygens (including phenoxy) is 3. The highest BCUT2D eigenvalue weighted by Crippen LogP contribution is 2.50. The fourth-order valence-electron chi connectivity index (χ4n) is 7.13. The lowest BCUT2D eigenvalue weighted by Crippen LogP contribution is -2.55. The van der Waals surface area contributed by atoms with Crippen molar-refractivity contribution in [3.8, 4) is 0 Å². The Morgan fingerprint density at radius 3 is 2.83 bits per heavy atom. The van der Waals surface area contributed by atoms with Gasteiger partial charge in [-0.15, -0.1) is 0 Å². The molecular weight excluding hydrogens is 477 g/mol. The zero-order valence-electron chi connectivity index (χ0n) is 20.4. The number of hydrogen-bond acceptors (Lipinski definition) is 7. The summed E-state index contributed by atoms with van der Waals surface area (Å²) in [7, 11) is 1.70. The number of nitrogens with zero attached hydrogens (tertiary/aromatic N) is 3. The van der Waals surface area contributed by atoms with Crippen molar-refractivity contribution < 1.29 is 32.2 Å².